The van der Waals surface area contributed by atoms with Gasteiger partial charge in [0, 0.05) is 23.0 Å². The zero-order chi connectivity index (χ0) is 15.2. The number of rotatable bonds is 2. The predicted molar refractivity (Wildman–Crippen MR) is 89.1 cm³/mol. The summed E-state index contributed by atoms with van der Waals surface area (Å²) in [5, 5.41) is 1.17. The van der Waals surface area contributed by atoms with E-state index in [-0.39, 0.29) is 11.3 Å². The fourth-order valence-electron chi connectivity index (χ4n) is 3.87. The largest absolute Gasteiger partial charge is 0.361 e. The van der Waals surface area contributed by atoms with E-state index in [0.29, 0.717) is 5.78 Å². The summed E-state index contributed by atoms with van der Waals surface area (Å²) in [6.45, 7) is 2.11. The van der Waals surface area contributed by atoms with Crippen LogP contribution in [0, 0.1) is 0 Å². The average Bonchev–Trinajstić information content (AvgIpc) is 3.12. The zero-order valence-electron chi connectivity index (χ0n) is 12.7. The molecule has 1 fully saturated rings. The SMILES string of the molecule is C[C@]1(c2c[nH]c3ccccc23)CC[C@@H](c2ccccc2)C1=O. The molecule has 2 atom stereocenters. The number of hydrogen-bond donors (Lipinski definition) is 1. The lowest BCUT2D eigenvalue weighted by molar-refractivity contribution is -0.122. The molecular formula is C20H19NO. The molecule has 3 aromatic rings. The highest BCUT2D eigenvalue weighted by Crippen LogP contribution is 2.46. The lowest BCUT2D eigenvalue weighted by Gasteiger charge is -2.22. The minimum Gasteiger partial charge on any atom is -0.361 e. The number of nitrogens with one attached hydrogen (secondary N) is 1. The highest BCUT2D eigenvalue weighted by molar-refractivity contribution is 6.01. The number of Topliss-reactive ketones (excluding diaryl/α,β-unsaturated/α-hetero) is 1. The molecule has 22 heavy (non-hydrogen) atoms. The van der Waals surface area contributed by atoms with Crippen LogP contribution in [0.25, 0.3) is 10.9 Å². The van der Waals surface area contributed by atoms with Crippen LogP contribution in [-0.2, 0) is 10.2 Å². The Morgan fingerprint density at radius 1 is 1.05 bits per heavy atom. The Hall–Kier alpha value is -2.35. The molecule has 1 N–H and O–H groups in total. The number of aromatic amines is 1. The first kappa shape index (κ1) is 13.3. The monoisotopic (exact) mass is 289 g/mol. The molecule has 110 valence electrons. The van der Waals surface area contributed by atoms with Crippen molar-refractivity contribution < 1.29 is 4.79 Å². The number of benzene rings is 2. The summed E-state index contributed by atoms with van der Waals surface area (Å²) in [5.41, 5.74) is 3.01. The summed E-state index contributed by atoms with van der Waals surface area (Å²) in [6, 6.07) is 18.4. The molecule has 2 heteroatoms. The van der Waals surface area contributed by atoms with Crippen molar-refractivity contribution in [1.29, 1.82) is 0 Å². The van der Waals surface area contributed by atoms with Crippen molar-refractivity contribution in [2.45, 2.75) is 31.1 Å². The van der Waals surface area contributed by atoms with E-state index in [1.165, 1.54) is 5.39 Å². The van der Waals surface area contributed by atoms with Crippen LogP contribution in [0.1, 0.15) is 36.8 Å². The lowest BCUT2D eigenvalue weighted by atomic mass is 9.78. The number of H-pyrrole nitrogens is 1. The third kappa shape index (κ3) is 1.83. The second kappa shape index (κ2) is 4.84. The molecule has 1 aliphatic rings. The number of hydrogen-bond acceptors (Lipinski definition) is 1. The number of carbonyl (C=O) groups excluding carboxylic acids is 1. The fourth-order valence-corrected chi connectivity index (χ4v) is 3.87. The Labute approximate surface area is 130 Å². The molecule has 4 rings (SSSR count). The summed E-state index contributed by atoms with van der Waals surface area (Å²) >= 11 is 0. The highest BCUT2D eigenvalue weighted by atomic mass is 16.1. The van der Waals surface area contributed by atoms with Crippen molar-refractivity contribution in [1.82, 2.24) is 4.98 Å². The van der Waals surface area contributed by atoms with Gasteiger partial charge in [-0.2, -0.15) is 0 Å². The molecule has 0 amide bonds. The van der Waals surface area contributed by atoms with Crippen molar-refractivity contribution in [3.63, 3.8) is 0 Å². The van der Waals surface area contributed by atoms with Crippen molar-refractivity contribution >= 4 is 16.7 Å². The van der Waals surface area contributed by atoms with Crippen LogP contribution in [-0.4, -0.2) is 10.8 Å². The molecule has 1 aliphatic carbocycles. The first-order valence-electron chi connectivity index (χ1n) is 7.86. The van der Waals surface area contributed by atoms with Crippen molar-refractivity contribution in [3.8, 4) is 0 Å². The molecule has 0 unspecified atom stereocenters. The quantitative estimate of drug-likeness (QED) is 0.736. The van der Waals surface area contributed by atoms with Gasteiger partial charge < -0.3 is 4.98 Å². The van der Waals surface area contributed by atoms with Crippen molar-refractivity contribution in [2.75, 3.05) is 0 Å². The third-order valence-corrected chi connectivity index (χ3v) is 5.18. The summed E-state index contributed by atoms with van der Waals surface area (Å²) < 4.78 is 0. The average molecular weight is 289 g/mol. The molecule has 0 saturated heterocycles. The molecule has 2 aromatic carbocycles. The van der Waals surface area contributed by atoms with E-state index in [4.69, 9.17) is 0 Å². The van der Waals surface area contributed by atoms with Crippen LogP contribution in [0.3, 0.4) is 0 Å². The van der Waals surface area contributed by atoms with Crippen LogP contribution < -0.4 is 0 Å². The van der Waals surface area contributed by atoms with Gasteiger partial charge in [-0.05, 0) is 37.0 Å². The molecule has 0 aliphatic heterocycles. The molecule has 1 heterocycles. The second-order valence-electron chi connectivity index (χ2n) is 6.45. The smallest absolute Gasteiger partial charge is 0.150 e. The van der Waals surface area contributed by atoms with Crippen LogP contribution >= 0.6 is 0 Å². The fraction of sp³-hybridized carbons (Fsp3) is 0.250. The maximum absolute atomic E-state index is 13.2. The predicted octanol–water partition coefficient (Wildman–Crippen LogP) is 4.57. The number of fused-ring (bicyclic) bond motifs is 1. The van der Waals surface area contributed by atoms with Gasteiger partial charge in [0.05, 0.1) is 5.41 Å². The zero-order valence-corrected chi connectivity index (χ0v) is 12.7. The third-order valence-electron chi connectivity index (χ3n) is 5.18. The van der Waals surface area contributed by atoms with Gasteiger partial charge in [-0.25, -0.2) is 0 Å². The summed E-state index contributed by atoms with van der Waals surface area (Å²) in [5.74, 6) is 0.378. The van der Waals surface area contributed by atoms with Crippen LogP contribution in [0.2, 0.25) is 0 Å². The first-order chi connectivity index (χ1) is 10.7. The Morgan fingerprint density at radius 2 is 1.77 bits per heavy atom. The summed E-state index contributed by atoms with van der Waals surface area (Å²) in [6.07, 6.45) is 3.86. The number of ketones is 1. The summed E-state index contributed by atoms with van der Waals surface area (Å²) in [4.78, 5) is 16.5. The molecule has 0 spiro atoms. The van der Waals surface area contributed by atoms with Gasteiger partial charge in [0.1, 0.15) is 0 Å². The van der Waals surface area contributed by atoms with E-state index < -0.39 is 0 Å². The van der Waals surface area contributed by atoms with Gasteiger partial charge in [0.2, 0.25) is 0 Å². The van der Waals surface area contributed by atoms with E-state index in [2.05, 4.69) is 36.2 Å². The maximum Gasteiger partial charge on any atom is 0.150 e. The Kier molecular flexibility index (Phi) is 2.93. The van der Waals surface area contributed by atoms with Gasteiger partial charge in [-0.3, -0.25) is 4.79 Å². The van der Waals surface area contributed by atoms with E-state index in [0.717, 1.165) is 29.5 Å². The molecule has 1 saturated carbocycles. The van der Waals surface area contributed by atoms with Crippen LogP contribution in [0.15, 0.2) is 60.8 Å². The number of aromatic nitrogens is 1. The highest BCUT2D eigenvalue weighted by Gasteiger charge is 2.46. The Morgan fingerprint density at radius 3 is 2.59 bits per heavy atom. The molecule has 0 radical (unpaired) electrons. The molecular weight excluding hydrogens is 270 g/mol. The normalized spacial score (nSPS) is 25.0. The Balaban J connectivity index is 1.78. The topological polar surface area (TPSA) is 32.9 Å². The number of carbonyl (C=O) groups is 1. The Bertz CT molecular complexity index is 833. The minimum atomic E-state index is -0.389. The molecule has 1 aromatic heterocycles. The van der Waals surface area contributed by atoms with Crippen molar-refractivity contribution in [3.05, 3.63) is 71.9 Å². The number of para-hydroxylation sites is 1. The van der Waals surface area contributed by atoms with E-state index in [9.17, 15) is 4.79 Å². The summed E-state index contributed by atoms with van der Waals surface area (Å²) in [7, 11) is 0. The minimum absolute atomic E-state index is 0.0277. The maximum atomic E-state index is 13.2. The molecule has 2 nitrogen and oxygen atoms in total. The van der Waals surface area contributed by atoms with E-state index >= 15 is 0 Å². The lowest BCUT2D eigenvalue weighted by Crippen LogP contribution is -2.29. The van der Waals surface area contributed by atoms with Crippen LogP contribution in [0.4, 0.5) is 0 Å². The second-order valence-corrected chi connectivity index (χ2v) is 6.45. The molecule has 0 bridgehead atoms. The van der Waals surface area contributed by atoms with Gasteiger partial charge in [0.25, 0.3) is 0 Å². The van der Waals surface area contributed by atoms with Gasteiger partial charge in [0.15, 0.2) is 5.78 Å². The van der Waals surface area contributed by atoms with Gasteiger partial charge in [-0.15, -0.1) is 0 Å². The van der Waals surface area contributed by atoms with E-state index in [1.807, 2.05) is 36.5 Å². The van der Waals surface area contributed by atoms with Gasteiger partial charge in [-0.1, -0.05) is 48.5 Å². The van der Waals surface area contributed by atoms with Gasteiger partial charge >= 0.3 is 0 Å². The van der Waals surface area contributed by atoms with E-state index in [1.54, 1.807) is 0 Å². The van der Waals surface area contributed by atoms with Crippen LogP contribution in [0.5, 0.6) is 0 Å². The standard InChI is InChI=1S/C20H19NO/c1-20(17-13-21-18-10-6-5-9-16(17)18)12-11-15(19(20)22)14-7-3-2-4-8-14/h2-10,13,15,21H,11-12H2,1H3/t15-,20+/m0/s1. The van der Waals surface area contributed by atoms with Crippen molar-refractivity contribution in [2.24, 2.45) is 0 Å². The first-order valence-corrected chi connectivity index (χ1v) is 7.86.